The number of ether oxygens (including phenoxy) is 1. The van der Waals surface area contributed by atoms with Crippen molar-refractivity contribution in [2.24, 2.45) is 0 Å². The van der Waals surface area contributed by atoms with Crippen LogP contribution in [-0.2, 0) is 9.53 Å². The van der Waals surface area contributed by atoms with Crippen LogP contribution in [0.4, 0.5) is 0 Å². The van der Waals surface area contributed by atoms with Gasteiger partial charge in [0.25, 0.3) is 0 Å². The van der Waals surface area contributed by atoms with Crippen molar-refractivity contribution in [1.29, 1.82) is 0 Å². The number of aliphatic hydroxyl groups excluding tert-OH is 4. The Bertz CT molecular complexity index is 531. The van der Waals surface area contributed by atoms with Gasteiger partial charge in [0.05, 0.1) is 0 Å². The lowest BCUT2D eigenvalue weighted by molar-refractivity contribution is -0.259. The third-order valence-corrected chi connectivity index (χ3v) is 5.70. The maximum Gasteiger partial charge on any atom is 0.377 e. The molecule has 1 rings (SSSR count). The summed E-state index contributed by atoms with van der Waals surface area (Å²) in [7, 11) is 0. The summed E-state index contributed by atoms with van der Waals surface area (Å²) in [4.78, 5) is 11.2. The van der Waals surface area contributed by atoms with Crippen LogP contribution < -0.4 is 0 Å². The van der Waals surface area contributed by atoms with Gasteiger partial charge in [0.15, 0.2) is 17.7 Å². The highest BCUT2D eigenvalue weighted by molar-refractivity contribution is 5.89. The molecule has 30 heavy (non-hydrogen) atoms. The third kappa shape index (κ3) is 8.79. The molecule has 0 spiro atoms. The van der Waals surface area contributed by atoms with Crippen LogP contribution in [0.3, 0.4) is 0 Å². The highest BCUT2D eigenvalue weighted by Gasteiger charge is 2.47. The molecule has 0 aromatic heterocycles. The predicted octanol–water partition coefficient (Wildman–Crippen LogP) is 3.12. The molecule has 1 aliphatic rings. The molecule has 176 valence electrons. The quantitative estimate of drug-likeness (QED) is 0.117. The van der Waals surface area contributed by atoms with E-state index in [-0.39, 0.29) is 6.42 Å². The molecule has 1 aliphatic heterocycles. The van der Waals surface area contributed by atoms with Crippen molar-refractivity contribution in [3.05, 3.63) is 11.5 Å². The van der Waals surface area contributed by atoms with Gasteiger partial charge in [-0.2, -0.15) is 0 Å². The summed E-state index contributed by atoms with van der Waals surface area (Å²) in [6.07, 6.45) is 8.73. The van der Waals surface area contributed by atoms with Crippen molar-refractivity contribution in [2.45, 2.75) is 121 Å². The average Bonchev–Trinajstić information content (AvgIpc) is 2.97. The second-order valence-corrected chi connectivity index (χ2v) is 8.37. The molecule has 0 saturated heterocycles. The van der Waals surface area contributed by atoms with E-state index < -0.39 is 41.6 Å². The topological polar surface area (TPSA) is 148 Å². The summed E-state index contributed by atoms with van der Waals surface area (Å²) >= 11 is 0. The molecule has 0 radical (unpaired) electrons. The van der Waals surface area contributed by atoms with Crippen molar-refractivity contribution in [3.8, 4) is 0 Å². The van der Waals surface area contributed by atoms with Gasteiger partial charge in [0.2, 0.25) is 5.76 Å². The van der Waals surface area contributed by atoms with E-state index in [9.17, 15) is 35.4 Å². The molecule has 0 bridgehead atoms. The third-order valence-electron chi connectivity index (χ3n) is 5.70. The molecule has 0 saturated carbocycles. The standard InChI is InChI=1S/C22H40O8/c1-2-3-4-5-6-7-8-9-10-11-12-13-14-15-22(28,29)20(26)18(25)19-16(23)17(24)21(27)30-19/h18-20,23-26,28-29H,2-15H2,1H3/t18-,19?,20?/m1/s1. The maximum atomic E-state index is 11.2. The van der Waals surface area contributed by atoms with Gasteiger partial charge in [-0.15, -0.1) is 0 Å². The second kappa shape index (κ2) is 13.9. The van der Waals surface area contributed by atoms with Crippen molar-refractivity contribution in [2.75, 3.05) is 0 Å². The van der Waals surface area contributed by atoms with Crippen LogP contribution in [0.1, 0.15) is 96.8 Å². The predicted molar refractivity (Wildman–Crippen MR) is 112 cm³/mol. The van der Waals surface area contributed by atoms with Crippen molar-refractivity contribution >= 4 is 5.97 Å². The molecule has 0 aromatic carbocycles. The van der Waals surface area contributed by atoms with Crippen LogP contribution in [-0.4, -0.2) is 60.7 Å². The molecule has 0 fully saturated rings. The van der Waals surface area contributed by atoms with Crippen LogP contribution in [0.5, 0.6) is 0 Å². The Morgan fingerprint density at radius 3 is 1.67 bits per heavy atom. The number of hydrogen-bond donors (Lipinski definition) is 6. The molecule has 8 nitrogen and oxygen atoms in total. The van der Waals surface area contributed by atoms with E-state index in [2.05, 4.69) is 11.7 Å². The van der Waals surface area contributed by atoms with Gasteiger partial charge in [-0.05, 0) is 6.42 Å². The van der Waals surface area contributed by atoms with Crippen molar-refractivity contribution < 1.29 is 40.2 Å². The maximum absolute atomic E-state index is 11.2. The Labute approximate surface area is 179 Å². The van der Waals surface area contributed by atoms with Gasteiger partial charge in [-0.3, -0.25) is 0 Å². The Hall–Kier alpha value is -1.35. The van der Waals surface area contributed by atoms with Gasteiger partial charge >= 0.3 is 5.97 Å². The average molecular weight is 433 g/mol. The first-order valence-corrected chi connectivity index (χ1v) is 11.4. The number of aliphatic hydroxyl groups is 6. The fraction of sp³-hybridized carbons (Fsp3) is 0.864. The molecular formula is C22H40O8. The first-order chi connectivity index (χ1) is 14.2. The van der Waals surface area contributed by atoms with Gasteiger partial charge in [-0.1, -0.05) is 84.0 Å². The number of carbonyl (C=O) groups is 1. The second-order valence-electron chi connectivity index (χ2n) is 8.37. The first kappa shape index (κ1) is 26.7. The van der Waals surface area contributed by atoms with Gasteiger partial charge in [0.1, 0.15) is 12.2 Å². The fourth-order valence-corrected chi connectivity index (χ4v) is 3.69. The number of rotatable bonds is 17. The molecule has 8 heteroatoms. The van der Waals surface area contributed by atoms with Crippen LogP contribution in [0.15, 0.2) is 11.5 Å². The number of cyclic esters (lactones) is 1. The molecule has 1 heterocycles. The Morgan fingerprint density at radius 1 is 0.833 bits per heavy atom. The highest BCUT2D eigenvalue weighted by atomic mass is 16.6. The minimum Gasteiger partial charge on any atom is -0.505 e. The van der Waals surface area contributed by atoms with E-state index in [0.29, 0.717) is 6.42 Å². The van der Waals surface area contributed by atoms with Crippen LogP contribution in [0, 0.1) is 0 Å². The van der Waals surface area contributed by atoms with E-state index in [1.807, 2.05) is 0 Å². The largest absolute Gasteiger partial charge is 0.505 e. The summed E-state index contributed by atoms with van der Waals surface area (Å²) < 4.78 is 4.54. The smallest absolute Gasteiger partial charge is 0.377 e. The van der Waals surface area contributed by atoms with Gasteiger partial charge in [-0.25, -0.2) is 4.79 Å². The van der Waals surface area contributed by atoms with E-state index in [1.165, 1.54) is 51.4 Å². The summed E-state index contributed by atoms with van der Waals surface area (Å²) in [5, 5.41) is 59.0. The Morgan fingerprint density at radius 2 is 1.27 bits per heavy atom. The number of unbranched alkanes of at least 4 members (excludes halogenated alkanes) is 12. The molecule has 0 aromatic rings. The van der Waals surface area contributed by atoms with Crippen molar-refractivity contribution in [1.82, 2.24) is 0 Å². The Balaban J connectivity index is 2.13. The normalized spacial score (nSPS) is 19.2. The monoisotopic (exact) mass is 432 g/mol. The van der Waals surface area contributed by atoms with E-state index in [1.54, 1.807) is 0 Å². The van der Waals surface area contributed by atoms with Gasteiger partial charge in [0, 0.05) is 6.42 Å². The van der Waals surface area contributed by atoms with Gasteiger partial charge < -0.3 is 35.4 Å². The lowest BCUT2D eigenvalue weighted by atomic mass is 9.94. The molecular weight excluding hydrogens is 392 g/mol. The number of carbonyl (C=O) groups excluding carboxylic acids is 1. The summed E-state index contributed by atoms with van der Waals surface area (Å²) in [5.74, 6) is -5.86. The Kier molecular flexibility index (Phi) is 12.3. The summed E-state index contributed by atoms with van der Waals surface area (Å²) in [5.41, 5.74) is 0. The lowest BCUT2D eigenvalue weighted by Gasteiger charge is -2.32. The minimum absolute atomic E-state index is 0.180. The summed E-state index contributed by atoms with van der Waals surface area (Å²) in [6, 6.07) is 0. The number of hydrogen-bond acceptors (Lipinski definition) is 8. The highest BCUT2D eigenvalue weighted by Crippen LogP contribution is 2.27. The van der Waals surface area contributed by atoms with E-state index in [0.717, 1.165) is 25.7 Å². The lowest BCUT2D eigenvalue weighted by Crippen LogP contribution is -2.53. The zero-order valence-corrected chi connectivity index (χ0v) is 18.1. The zero-order chi connectivity index (χ0) is 22.6. The molecule has 6 N–H and O–H groups in total. The van der Waals surface area contributed by atoms with E-state index >= 15 is 0 Å². The zero-order valence-electron chi connectivity index (χ0n) is 18.1. The minimum atomic E-state index is -2.61. The van der Waals surface area contributed by atoms with Crippen LogP contribution in [0.2, 0.25) is 0 Å². The van der Waals surface area contributed by atoms with Crippen LogP contribution in [0.25, 0.3) is 0 Å². The van der Waals surface area contributed by atoms with Crippen LogP contribution >= 0.6 is 0 Å². The van der Waals surface area contributed by atoms with Crippen molar-refractivity contribution in [3.63, 3.8) is 0 Å². The molecule has 3 atom stereocenters. The summed E-state index contributed by atoms with van der Waals surface area (Å²) in [6.45, 7) is 2.22. The fourth-order valence-electron chi connectivity index (χ4n) is 3.69. The first-order valence-electron chi connectivity index (χ1n) is 11.4. The molecule has 0 amide bonds. The molecule has 2 unspecified atom stereocenters. The molecule has 0 aliphatic carbocycles. The SMILES string of the molecule is CCCCCCCCCCCCCCCC(O)(O)C(O)[C@H](O)C1OC(=O)C(O)=C1O. The number of esters is 1. The van der Waals surface area contributed by atoms with E-state index in [4.69, 9.17) is 0 Å².